The van der Waals surface area contributed by atoms with Crippen molar-refractivity contribution in [2.45, 2.75) is 11.8 Å². The maximum Gasteiger partial charge on any atom is 0.334 e. The molecule has 1 heterocycles. The minimum Gasteiger partial charge on any atom is -0.351 e. The number of nitrogens with one attached hydrogen (secondary N) is 1. The lowest BCUT2D eigenvalue weighted by Crippen LogP contribution is -2.13. The van der Waals surface area contributed by atoms with E-state index in [9.17, 15) is 17.1 Å². The van der Waals surface area contributed by atoms with E-state index in [0.717, 1.165) is 6.07 Å². The zero-order chi connectivity index (χ0) is 14.0. The average molecular weight is 284 g/mol. The van der Waals surface area contributed by atoms with E-state index in [1.807, 2.05) is 0 Å². The van der Waals surface area contributed by atoms with Crippen molar-refractivity contribution in [2.75, 3.05) is 5.32 Å². The molecule has 0 saturated carbocycles. The zero-order valence-electron chi connectivity index (χ0n) is 9.75. The van der Waals surface area contributed by atoms with Gasteiger partial charge in [-0.1, -0.05) is 17.3 Å². The standard InChI is InChI=1S/C11H9FN2O4S/c1-7-6-9(18-14-7)11(15)13-8-4-2-3-5-10(8)19(12,16)17/h2-6H,1H3,(H,13,15). The van der Waals surface area contributed by atoms with Gasteiger partial charge in [-0.2, -0.15) is 8.42 Å². The molecule has 0 aliphatic rings. The van der Waals surface area contributed by atoms with E-state index in [1.165, 1.54) is 24.3 Å². The van der Waals surface area contributed by atoms with Gasteiger partial charge in [-0.15, -0.1) is 3.89 Å². The highest BCUT2D eigenvalue weighted by Gasteiger charge is 2.20. The van der Waals surface area contributed by atoms with E-state index < -0.39 is 21.0 Å². The molecular formula is C11H9FN2O4S. The molecule has 0 bridgehead atoms. The van der Waals surface area contributed by atoms with Gasteiger partial charge in [0.1, 0.15) is 4.90 Å². The number of hydrogen-bond donors (Lipinski definition) is 1. The van der Waals surface area contributed by atoms with Crippen LogP contribution in [0.2, 0.25) is 0 Å². The highest BCUT2D eigenvalue weighted by molar-refractivity contribution is 7.86. The first kappa shape index (κ1) is 13.2. The second-order valence-electron chi connectivity index (χ2n) is 3.72. The van der Waals surface area contributed by atoms with Crippen LogP contribution in [0.1, 0.15) is 16.2 Å². The van der Waals surface area contributed by atoms with E-state index in [2.05, 4.69) is 10.5 Å². The third-order valence-electron chi connectivity index (χ3n) is 2.25. The van der Waals surface area contributed by atoms with Crippen LogP contribution in [0, 0.1) is 6.92 Å². The number of carbonyl (C=O) groups excluding carboxylic acids is 1. The van der Waals surface area contributed by atoms with Crippen LogP contribution in [-0.4, -0.2) is 19.5 Å². The summed E-state index contributed by atoms with van der Waals surface area (Å²) in [6.45, 7) is 1.63. The van der Waals surface area contributed by atoms with E-state index in [1.54, 1.807) is 6.92 Å². The van der Waals surface area contributed by atoms with E-state index in [0.29, 0.717) is 5.69 Å². The van der Waals surface area contributed by atoms with E-state index in [-0.39, 0.29) is 11.4 Å². The molecule has 1 N–H and O–H groups in total. The lowest BCUT2D eigenvalue weighted by Gasteiger charge is -2.06. The quantitative estimate of drug-likeness (QED) is 0.869. The molecule has 100 valence electrons. The van der Waals surface area contributed by atoms with Gasteiger partial charge in [0.05, 0.1) is 11.4 Å². The summed E-state index contributed by atoms with van der Waals surface area (Å²) in [6.07, 6.45) is 0. The van der Waals surface area contributed by atoms with Gasteiger partial charge in [-0.3, -0.25) is 4.79 Å². The van der Waals surface area contributed by atoms with Gasteiger partial charge in [0.15, 0.2) is 0 Å². The Morgan fingerprint density at radius 2 is 2.05 bits per heavy atom. The van der Waals surface area contributed by atoms with Gasteiger partial charge < -0.3 is 9.84 Å². The van der Waals surface area contributed by atoms with Crippen LogP contribution >= 0.6 is 0 Å². The van der Waals surface area contributed by atoms with Crippen LogP contribution in [0.15, 0.2) is 39.8 Å². The molecule has 6 nitrogen and oxygen atoms in total. The Kier molecular flexibility index (Phi) is 3.34. The van der Waals surface area contributed by atoms with Gasteiger partial charge >= 0.3 is 10.2 Å². The Hall–Kier alpha value is -2.22. The fraction of sp³-hybridized carbons (Fsp3) is 0.0909. The summed E-state index contributed by atoms with van der Waals surface area (Å²) < 4.78 is 39.6. The van der Waals surface area contributed by atoms with Crippen molar-refractivity contribution in [3.8, 4) is 0 Å². The third-order valence-corrected chi connectivity index (χ3v) is 3.13. The predicted molar refractivity (Wildman–Crippen MR) is 63.9 cm³/mol. The maximum absolute atomic E-state index is 13.0. The second kappa shape index (κ2) is 4.81. The van der Waals surface area contributed by atoms with Gasteiger partial charge in [-0.25, -0.2) is 0 Å². The first-order valence-electron chi connectivity index (χ1n) is 5.16. The summed E-state index contributed by atoms with van der Waals surface area (Å²) in [5, 5.41) is 5.78. The van der Waals surface area contributed by atoms with Crippen molar-refractivity contribution >= 4 is 21.8 Å². The van der Waals surface area contributed by atoms with E-state index >= 15 is 0 Å². The molecule has 1 aromatic carbocycles. The van der Waals surface area contributed by atoms with Crippen LogP contribution in [0.3, 0.4) is 0 Å². The number of nitrogens with zero attached hydrogens (tertiary/aromatic N) is 1. The minimum atomic E-state index is -4.92. The lowest BCUT2D eigenvalue weighted by atomic mass is 10.3. The molecule has 0 atom stereocenters. The topological polar surface area (TPSA) is 89.3 Å². The van der Waals surface area contributed by atoms with Crippen molar-refractivity contribution in [3.63, 3.8) is 0 Å². The summed E-state index contributed by atoms with van der Waals surface area (Å²) in [6, 6.07) is 6.52. The van der Waals surface area contributed by atoms with Crippen LogP contribution < -0.4 is 5.32 Å². The monoisotopic (exact) mass is 284 g/mol. The molecule has 0 aliphatic carbocycles. The first-order valence-corrected chi connectivity index (χ1v) is 6.54. The molecule has 0 radical (unpaired) electrons. The largest absolute Gasteiger partial charge is 0.351 e. The van der Waals surface area contributed by atoms with E-state index in [4.69, 9.17) is 4.52 Å². The molecule has 0 saturated heterocycles. The fourth-order valence-electron chi connectivity index (χ4n) is 1.44. The van der Waals surface area contributed by atoms with Crippen molar-refractivity contribution in [3.05, 3.63) is 41.8 Å². The molecule has 0 unspecified atom stereocenters. The van der Waals surface area contributed by atoms with Crippen LogP contribution in [0.25, 0.3) is 0 Å². The smallest absolute Gasteiger partial charge is 0.334 e. The Labute approximate surface area is 108 Å². The Bertz CT molecular complexity index is 724. The third kappa shape index (κ3) is 2.97. The fourth-order valence-corrected chi connectivity index (χ4v) is 2.06. The average Bonchev–Trinajstić information content (AvgIpc) is 2.75. The maximum atomic E-state index is 13.0. The highest BCUT2D eigenvalue weighted by atomic mass is 32.3. The van der Waals surface area contributed by atoms with Gasteiger partial charge in [0.2, 0.25) is 5.76 Å². The van der Waals surface area contributed by atoms with Crippen LogP contribution in [-0.2, 0) is 10.2 Å². The second-order valence-corrected chi connectivity index (χ2v) is 5.04. The first-order chi connectivity index (χ1) is 8.88. The minimum absolute atomic E-state index is 0.0939. The summed E-state index contributed by atoms with van der Waals surface area (Å²) in [7, 11) is -4.92. The number of amides is 1. The molecule has 1 aromatic heterocycles. The number of carbonyl (C=O) groups is 1. The highest BCUT2D eigenvalue weighted by Crippen LogP contribution is 2.23. The molecule has 2 rings (SSSR count). The molecule has 2 aromatic rings. The van der Waals surface area contributed by atoms with Crippen molar-refractivity contribution in [1.29, 1.82) is 0 Å². The molecule has 19 heavy (non-hydrogen) atoms. The summed E-state index contributed by atoms with van der Waals surface area (Å²) in [5.74, 6) is -0.805. The van der Waals surface area contributed by atoms with Crippen molar-refractivity contribution in [1.82, 2.24) is 5.16 Å². The Morgan fingerprint density at radius 1 is 1.37 bits per heavy atom. The number of benzene rings is 1. The molecular weight excluding hydrogens is 275 g/mol. The number of aryl methyl sites for hydroxylation is 1. The van der Waals surface area contributed by atoms with Crippen molar-refractivity contribution in [2.24, 2.45) is 0 Å². The molecule has 1 amide bonds. The number of aromatic nitrogens is 1. The zero-order valence-corrected chi connectivity index (χ0v) is 10.6. The number of hydrogen-bond acceptors (Lipinski definition) is 5. The molecule has 0 aliphatic heterocycles. The van der Waals surface area contributed by atoms with Gasteiger partial charge in [0.25, 0.3) is 5.91 Å². The SMILES string of the molecule is Cc1cc(C(=O)Nc2ccccc2S(=O)(=O)F)on1. The van der Waals surface area contributed by atoms with Crippen LogP contribution in [0.4, 0.5) is 9.57 Å². The number of para-hydroxylation sites is 1. The molecule has 8 heteroatoms. The normalized spacial score (nSPS) is 11.3. The Balaban J connectivity index is 2.32. The van der Waals surface area contributed by atoms with Gasteiger partial charge in [-0.05, 0) is 19.1 Å². The number of rotatable bonds is 3. The van der Waals surface area contributed by atoms with Gasteiger partial charge in [0, 0.05) is 6.07 Å². The summed E-state index contributed by atoms with van der Waals surface area (Å²) in [5.41, 5.74) is 0.334. The van der Waals surface area contributed by atoms with Crippen molar-refractivity contribution < 1.29 is 21.6 Å². The molecule has 0 fully saturated rings. The number of anilines is 1. The molecule has 0 spiro atoms. The Morgan fingerprint density at radius 3 is 2.63 bits per heavy atom. The predicted octanol–water partition coefficient (Wildman–Crippen LogP) is 1.89. The number of halogens is 1. The lowest BCUT2D eigenvalue weighted by molar-refractivity contribution is 0.0987. The summed E-state index contributed by atoms with van der Waals surface area (Å²) >= 11 is 0. The van der Waals surface area contributed by atoms with Crippen LogP contribution in [0.5, 0.6) is 0 Å². The summed E-state index contributed by atoms with van der Waals surface area (Å²) in [4.78, 5) is 11.1.